The minimum atomic E-state index is 0.412. The minimum Gasteiger partial charge on any atom is -0.382 e. The van der Waals surface area contributed by atoms with Gasteiger partial charge in [0.05, 0.1) is 6.10 Å². The van der Waals surface area contributed by atoms with Crippen molar-refractivity contribution in [3.8, 4) is 0 Å². The van der Waals surface area contributed by atoms with E-state index in [1.165, 1.54) is 38.5 Å². The van der Waals surface area contributed by atoms with E-state index in [1.54, 1.807) is 0 Å². The molecule has 0 saturated heterocycles. The van der Waals surface area contributed by atoms with Gasteiger partial charge < -0.3 is 10.1 Å². The number of fused-ring (bicyclic) bond motifs is 2. The second-order valence-corrected chi connectivity index (χ2v) is 6.13. The summed E-state index contributed by atoms with van der Waals surface area (Å²) in [7, 11) is 1.82. The standard InChI is InChI=1S/C15H29NO/c1-4-16-15(8-5-11(2)17-3)14-10-12-6-7-13(14)9-12/h11-16H,4-10H2,1-3H3. The highest BCUT2D eigenvalue weighted by Gasteiger charge is 2.42. The number of rotatable bonds is 7. The van der Waals surface area contributed by atoms with Gasteiger partial charge >= 0.3 is 0 Å². The maximum Gasteiger partial charge on any atom is 0.0543 e. The van der Waals surface area contributed by atoms with Crippen LogP contribution in [0.15, 0.2) is 0 Å². The molecule has 0 aliphatic heterocycles. The van der Waals surface area contributed by atoms with Crippen molar-refractivity contribution < 1.29 is 4.74 Å². The van der Waals surface area contributed by atoms with Crippen LogP contribution in [0.4, 0.5) is 0 Å². The first-order valence-corrected chi connectivity index (χ1v) is 7.50. The Kier molecular flexibility index (Phi) is 4.87. The summed E-state index contributed by atoms with van der Waals surface area (Å²) >= 11 is 0. The van der Waals surface area contributed by atoms with Crippen molar-refractivity contribution in [2.45, 2.75) is 64.5 Å². The van der Waals surface area contributed by atoms with Crippen LogP contribution in [-0.2, 0) is 4.74 Å². The molecule has 0 aromatic heterocycles. The van der Waals surface area contributed by atoms with Crippen LogP contribution >= 0.6 is 0 Å². The summed E-state index contributed by atoms with van der Waals surface area (Å²) in [5.74, 6) is 3.05. The number of ether oxygens (including phenoxy) is 1. The largest absolute Gasteiger partial charge is 0.382 e. The first kappa shape index (κ1) is 13.4. The van der Waals surface area contributed by atoms with E-state index in [9.17, 15) is 0 Å². The molecule has 0 heterocycles. The van der Waals surface area contributed by atoms with Crippen LogP contribution in [0.2, 0.25) is 0 Å². The third-order valence-corrected chi connectivity index (χ3v) is 5.06. The Morgan fingerprint density at radius 3 is 2.59 bits per heavy atom. The summed E-state index contributed by atoms with van der Waals surface area (Å²) in [6.45, 7) is 5.53. The van der Waals surface area contributed by atoms with Crippen LogP contribution in [-0.4, -0.2) is 25.8 Å². The first-order valence-electron chi connectivity index (χ1n) is 7.50. The highest BCUT2D eigenvalue weighted by atomic mass is 16.5. The molecule has 2 rings (SSSR count). The smallest absolute Gasteiger partial charge is 0.0543 e. The lowest BCUT2D eigenvalue weighted by molar-refractivity contribution is 0.100. The number of hydrogen-bond acceptors (Lipinski definition) is 2. The summed E-state index contributed by atoms with van der Waals surface area (Å²) in [4.78, 5) is 0. The molecule has 17 heavy (non-hydrogen) atoms. The van der Waals surface area contributed by atoms with Gasteiger partial charge in [-0.1, -0.05) is 13.3 Å². The highest BCUT2D eigenvalue weighted by molar-refractivity contribution is 4.95. The predicted molar refractivity (Wildman–Crippen MR) is 72.1 cm³/mol. The molecule has 2 aliphatic carbocycles. The lowest BCUT2D eigenvalue weighted by atomic mass is 9.81. The Morgan fingerprint density at radius 1 is 1.24 bits per heavy atom. The molecule has 5 unspecified atom stereocenters. The zero-order chi connectivity index (χ0) is 12.3. The Morgan fingerprint density at radius 2 is 2.06 bits per heavy atom. The topological polar surface area (TPSA) is 21.3 Å². The molecule has 2 heteroatoms. The van der Waals surface area contributed by atoms with Gasteiger partial charge in [-0.05, 0) is 63.3 Å². The van der Waals surface area contributed by atoms with Gasteiger partial charge in [0.1, 0.15) is 0 Å². The van der Waals surface area contributed by atoms with Crippen molar-refractivity contribution in [2.24, 2.45) is 17.8 Å². The van der Waals surface area contributed by atoms with Gasteiger partial charge in [-0.15, -0.1) is 0 Å². The normalized spacial score (nSPS) is 35.1. The Labute approximate surface area is 107 Å². The monoisotopic (exact) mass is 239 g/mol. The van der Waals surface area contributed by atoms with Crippen molar-refractivity contribution >= 4 is 0 Å². The van der Waals surface area contributed by atoms with E-state index < -0.39 is 0 Å². The van der Waals surface area contributed by atoms with Gasteiger partial charge in [0.25, 0.3) is 0 Å². The molecule has 0 spiro atoms. The zero-order valence-electron chi connectivity index (χ0n) is 11.7. The first-order chi connectivity index (χ1) is 8.24. The van der Waals surface area contributed by atoms with Gasteiger partial charge in [0.15, 0.2) is 0 Å². The molecule has 2 saturated carbocycles. The predicted octanol–water partition coefficient (Wildman–Crippen LogP) is 3.22. The van der Waals surface area contributed by atoms with E-state index in [4.69, 9.17) is 4.74 Å². The van der Waals surface area contributed by atoms with Crippen LogP contribution in [0.1, 0.15) is 52.4 Å². The fourth-order valence-electron chi connectivity index (χ4n) is 4.05. The van der Waals surface area contributed by atoms with Gasteiger partial charge in [0.2, 0.25) is 0 Å². The Hall–Kier alpha value is -0.0800. The van der Waals surface area contributed by atoms with E-state index in [1.807, 2.05) is 7.11 Å². The SMILES string of the molecule is CCNC(CCC(C)OC)C1CC2CCC1C2. The maximum atomic E-state index is 5.38. The van der Waals surface area contributed by atoms with Crippen LogP contribution < -0.4 is 5.32 Å². The van der Waals surface area contributed by atoms with E-state index in [0.29, 0.717) is 6.10 Å². The molecule has 2 bridgehead atoms. The average Bonchev–Trinajstić information content (AvgIpc) is 2.96. The molecule has 0 radical (unpaired) electrons. The van der Waals surface area contributed by atoms with E-state index in [2.05, 4.69) is 19.2 Å². The molecule has 100 valence electrons. The zero-order valence-corrected chi connectivity index (χ0v) is 11.7. The van der Waals surface area contributed by atoms with Gasteiger partial charge in [-0.2, -0.15) is 0 Å². The summed E-state index contributed by atoms with van der Waals surface area (Å²) < 4.78 is 5.38. The maximum absolute atomic E-state index is 5.38. The van der Waals surface area contributed by atoms with E-state index in [-0.39, 0.29) is 0 Å². The molecular weight excluding hydrogens is 210 g/mol. The van der Waals surface area contributed by atoms with Crippen LogP contribution in [0.3, 0.4) is 0 Å². The van der Waals surface area contributed by atoms with Gasteiger partial charge in [0, 0.05) is 13.2 Å². The van der Waals surface area contributed by atoms with Crippen molar-refractivity contribution in [1.82, 2.24) is 5.32 Å². The third kappa shape index (κ3) is 3.23. The van der Waals surface area contributed by atoms with Crippen LogP contribution in [0.25, 0.3) is 0 Å². The second kappa shape index (κ2) is 6.19. The summed E-state index contributed by atoms with van der Waals surface area (Å²) in [6.07, 6.45) is 8.91. The van der Waals surface area contributed by atoms with Crippen molar-refractivity contribution in [1.29, 1.82) is 0 Å². The Bertz CT molecular complexity index is 231. The third-order valence-electron chi connectivity index (χ3n) is 5.06. The highest BCUT2D eigenvalue weighted by Crippen LogP contribution is 2.50. The van der Waals surface area contributed by atoms with Crippen molar-refractivity contribution in [3.63, 3.8) is 0 Å². The quantitative estimate of drug-likeness (QED) is 0.736. The fourth-order valence-corrected chi connectivity index (χ4v) is 4.05. The van der Waals surface area contributed by atoms with Gasteiger partial charge in [-0.25, -0.2) is 0 Å². The molecule has 0 aromatic rings. The number of nitrogens with one attached hydrogen (secondary N) is 1. The molecule has 2 aliphatic rings. The molecule has 0 amide bonds. The molecule has 2 fully saturated rings. The summed E-state index contributed by atoms with van der Waals surface area (Å²) in [6, 6.07) is 0.743. The van der Waals surface area contributed by atoms with Crippen molar-refractivity contribution in [2.75, 3.05) is 13.7 Å². The number of hydrogen-bond donors (Lipinski definition) is 1. The van der Waals surface area contributed by atoms with Crippen LogP contribution in [0, 0.1) is 17.8 Å². The lowest BCUT2D eigenvalue weighted by Crippen LogP contribution is -2.39. The molecular formula is C15H29NO. The molecule has 0 aromatic carbocycles. The fraction of sp³-hybridized carbons (Fsp3) is 1.00. The summed E-state index contributed by atoms with van der Waals surface area (Å²) in [5, 5.41) is 3.73. The van der Waals surface area contributed by atoms with E-state index >= 15 is 0 Å². The van der Waals surface area contributed by atoms with Crippen molar-refractivity contribution in [3.05, 3.63) is 0 Å². The molecule has 2 nitrogen and oxygen atoms in total. The summed E-state index contributed by atoms with van der Waals surface area (Å²) in [5.41, 5.74) is 0. The van der Waals surface area contributed by atoms with Gasteiger partial charge in [-0.3, -0.25) is 0 Å². The molecule has 1 N–H and O–H groups in total. The minimum absolute atomic E-state index is 0.412. The average molecular weight is 239 g/mol. The number of methoxy groups -OCH3 is 1. The van der Waals surface area contributed by atoms with E-state index in [0.717, 1.165) is 30.3 Å². The molecule has 5 atom stereocenters. The second-order valence-electron chi connectivity index (χ2n) is 6.13. The lowest BCUT2D eigenvalue weighted by Gasteiger charge is -2.31. The Balaban J connectivity index is 1.84. The van der Waals surface area contributed by atoms with Crippen LogP contribution in [0.5, 0.6) is 0 Å².